The van der Waals surface area contributed by atoms with E-state index < -0.39 is 18.2 Å². The Bertz CT molecular complexity index is 928. The van der Waals surface area contributed by atoms with Gasteiger partial charge in [0.1, 0.15) is 0 Å². The van der Waals surface area contributed by atoms with E-state index in [1.54, 1.807) is 36.2 Å². The van der Waals surface area contributed by atoms with E-state index in [4.69, 9.17) is 4.74 Å². The van der Waals surface area contributed by atoms with E-state index in [-0.39, 0.29) is 24.3 Å². The van der Waals surface area contributed by atoms with Crippen LogP contribution in [0.1, 0.15) is 38.0 Å². The van der Waals surface area contributed by atoms with Gasteiger partial charge in [-0.25, -0.2) is 4.79 Å². The molecular formula is C24H29N3O4. The minimum absolute atomic E-state index is 0.0771. The number of ether oxygens (including phenoxy) is 1. The third-order valence-electron chi connectivity index (χ3n) is 5.42. The molecule has 1 saturated heterocycles. The lowest BCUT2D eigenvalue weighted by atomic mass is 10.00. The normalized spacial score (nSPS) is 18.1. The smallest absolute Gasteiger partial charge is 0.411 e. The van der Waals surface area contributed by atoms with Gasteiger partial charge < -0.3 is 15.0 Å². The van der Waals surface area contributed by atoms with Crippen molar-refractivity contribution in [3.63, 3.8) is 0 Å². The van der Waals surface area contributed by atoms with Crippen molar-refractivity contribution in [2.24, 2.45) is 5.92 Å². The molecule has 1 aliphatic rings. The molecule has 7 nitrogen and oxygen atoms in total. The highest BCUT2D eigenvalue weighted by molar-refractivity contribution is 5.92. The van der Waals surface area contributed by atoms with Crippen LogP contribution in [0.2, 0.25) is 0 Å². The molecule has 2 atom stereocenters. The summed E-state index contributed by atoms with van der Waals surface area (Å²) in [5, 5.41) is 2.84. The minimum atomic E-state index is -0.770. The van der Waals surface area contributed by atoms with Crippen LogP contribution >= 0.6 is 0 Å². The average Bonchev–Trinajstić information content (AvgIpc) is 3.09. The summed E-state index contributed by atoms with van der Waals surface area (Å²) < 4.78 is 5.67. The molecule has 0 saturated carbocycles. The fraction of sp³-hybridized carbons (Fsp3) is 0.375. The van der Waals surface area contributed by atoms with Crippen LogP contribution in [0.15, 0.2) is 54.6 Å². The summed E-state index contributed by atoms with van der Waals surface area (Å²) in [5.41, 5.74) is 2.28. The van der Waals surface area contributed by atoms with E-state index in [0.29, 0.717) is 17.8 Å². The summed E-state index contributed by atoms with van der Waals surface area (Å²) in [6.45, 7) is 6.34. The molecular weight excluding hydrogens is 394 g/mol. The van der Waals surface area contributed by atoms with Crippen LogP contribution in [0.3, 0.4) is 0 Å². The van der Waals surface area contributed by atoms with E-state index in [0.717, 1.165) is 5.56 Å². The largest absolute Gasteiger partial charge is 0.438 e. The highest BCUT2D eigenvalue weighted by Gasteiger charge is 2.47. The topological polar surface area (TPSA) is 79.0 Å². The number of hydrogen-bond donors (Lipinski definition) is 1. The van der Waals surface area contributed by atoms with Crippen LogP contribution in [0.4, 0.5) is 10.5 Å². The molecule has 31 heavy (non-hydrogen) atoms. The third kappa shape index (κ3) is 5.05. The monoisotopic (exact) mass is 423 g/mol. The molecule has 2 aromatic carbocycles. The molecule has 3 amide bonds. The summed E-state index contributed by atoms with van der Waals surface area (Å²) >= 11 is 0. The lowest BCUT2D eigenvalue weighted by Crippen LogP contribution is -2.46. The quantitative estimate of drug-likeness (QED) is 0.734. The van der Waals surface area contributed by atoms with Gasteiger partial charge in [-0.3, -0.25) is 14.5 Å². The number of nitrogens with one attached hydrogen (secondary N) is 1. The highest BCUT2D eigenvalue weighted by Crippen LogP contribution is 2.35. The van der Waals surface area contributed by atoms with Crippen LogP contribution in [0.25, 0.3) is 0 Å². The van der Waals surface area contributed by atoms with Gasteiger partial charge in [0, 0.05) is 25.2 Å². The molecule has 0 radical (unpaired) electrons. The van der Waals surface area contributed by atoms with Crippen molar-refractivity contribution in [2.45, 2.75) is 39.5 Å². The first-order chi connectivity index (χ1) is 14.8. The highest BCUT2D eigenvalue weighted by atomic mass is 16.6. The lowest BCUT2D eigenvalue weighted by Gasteiger charge is -2.28. The number of rotatable bonds is 7. The second kappa shape index (κ2) is 9.64. The number of benzene rings is 2. The van der Waals surface area contributed by atoms with E-state index in [1.165, 1.54) is 4.90 Å². The predicted octanol–water partition coefficient (Wildman–Crippen LogP) is 3.82. The molecule has 2 unspecified atom stereocenters. The number of cyclic esters (lactones) is 1. The van der Waals surface area contributed by atoms with Gasteiger partial charge in [0.25, 0.3) is 0 Å². The van der Waals surface area contributed by atoms with Crippen LogP contribution in [0.5, 0.6) is 0 Å². The zero-order chi connectivity index (χ0) is 22.5. The first-order valence-electron chi connectivity index (χ1n) is 10.5. The standard InChI is InChI=1S/C24H29N3O4/c1-5-26(4)23(29)20-21(18-11-13-19(14-12-18)25-22(28)16(2)3)31-24(30)27(20)15-17-9-7-6-8-10-17/h6-14,16,20-21H,5,15H2,1-4H3,(H,25,28). The Morgan fingerprint density at radius 3 is 2.32 bits per heavy atom. The second-order valence-electron chi connectivity index (χ2n) is 7.98. The van der Waals surface area contributed by atoms with Crippen molar-refractivity contribution >= 4 is 23.6 Å². The van der Waals surface area contributed by atoms with Gasteiger partial charge in [-0.15, -0.1) is 0 Å². The first-order valence-corrected chi connectivity index (χ1v) is 10.5. The SMILES string of the molecule is CCN(C)C(=O)C1C(c2ccc(NC(=O)C(C)C)cc2)OC(=O)N1Cc1ccccc1. The minimum Gasteiger partial charge on any atom is -0.438 e. The Balaban J connectivity index is 1.88. The van der Waals surface area contributed by atoms with E-state index in [1.807, 2.05) is 51.1 Å². The molecule has 2 aromatic rings. The van der Waals surface area contributed by atoms with Crippen LogP contribution in [-0.2, 0) is 20.9 Å². The maximum absolute atomic E-state index is 13.2. The molecule has 0 aromatic heterocycles. The molecule has 0 aliphatic carbocycles. The number of carbonyl (C=O) groups excluding carboxylic acids is 3. The number of anilines is 1. The number of amides is 3. The van der Waals surface area contributed by atoms with Crippen molar-refractivity contribution in [3.05, 3.63) is 65.7 Å². The van der Waals surface area contributed by atoms with Gasteiger partial charge in [0.15, 0.2) is 12.1 Å². The van der Waals surface area contributed by atoms with Crippen molar-refractivity contribution < 1.29 is 19.1 Å². The van der Waals surface area contributed by atoms with Gasteiger partial charge in [-0.2, -0.15) is 0 Å². The van der Waals surface area contributed by atoms with Gasteiger partial charge >= 0.3 is 6.09 Å². The summed E-state index contributed by atoms with van der Waals surface area (Å²) in [5.74, 6) is -0.383. The fourth-order valence-corrected chi connectivity index (χ4v) is 3.40. The molecule has 7 heteroatoms. The summed E-state index contributed by atoms with van der Waals surface area (Å²) in [7, 11) is 1.72. The molecule has 1 N–H and O–H groups in total. The molecule has 0 spiro atoms. The Morgan fingerprint density at radius 2 is 1.74 bits per heavy atom. The molecule has 0 bridgehead atoms. The molecule has 164 valence electrons. The second-order valence-corrected chi connectivity index (χ2v) is 7.98. The zero-order valence-corrected chi connectivity index (χ0v) is 18.4. The number of carbonyl (C=O) groups is 3. The Kier molecular flexibility index (Phi) is 6.95. The Labute approximate surface area is 183 Å². The average molecular weight is 424 g/mol. The fourth-order valence-electron chi connectivity index (χ4n) is 3.40. The number of hydrogen-bond acceptors (Lipinski definition) is 4. The zero-order valence-electron chi connectivity index (χ0n) is 18.4. The first kappa shape index (κ1) is 22.3. The Morgan fingerprint density at radius 1 is 1.10 bits per heavy atom. The lowest BCUT2D eigenvalue weighted by molar-refractivity contribution is -0.135. The van der Waals surface area contributed by atoms with Crippen molar-refractivity contribution in [2.75, 3.05) is 18.9 Å². The van der Waals surface area contributed by atoms with E-state index >= 15 is 0 Å². The maximum Gasteiger partial charge on any atom is 0.411 e. The summed E-state index contributed by atoms with van der Waals surface area (Å²) in [6.07, 6.45) is -1.25. The van der Waals surface area contributed by atoms with Gasteiger partial charge in [-0.05, 0) is 30.2 Å². The number of likely N-dealkylation sites (N-methyl/N-ethyl adjacent to an activating group) is 1. The maximum atomic E-state index is 13.2. The van der Waals surface area contributed by atoms with Crippen molar-refractivity contribution in [1.82, 2.24) is 9.80 Å². The van der Waals surface area contributed by atoms with E-state index in [9.17, 15) is 14.4 Å². The number of nitrogens with zero attached hydrogens (tertiary/aromatic N) is 2. The van der Waals surface area contributed by atoms with E-state index in [2.05, 4.69) is 5.32 Å². The molecule has 1 heterocycles. The van der Waals surface area contributed by atoms with Gasteiger partial charge in [-0.1, -0.05) is 56.3 Å². The molecule has 1 aliphatic heterocycles. The third-order valence-corrected chi connectivity index (χ3v) is 5.42. The van der Waals surface area contributed by atoms with Crippen LogP contribution in [0, 0.1) is 5.92 Å². The van der Waals surface area contributed by atoms with Crippen molar-refractivity contribution in [3.8, 4) is 0 Å². The van der Waals surface area contributed by atoms with Gasteiger partial charge in [0.2, 0.25) is 11.8 Å². The van der Waals surface area contributed by atoms with Crippen LogP contribution in [-0.4, -0.2) is 47.3 Å². The molecule has 1 fully saturated rings. The summed E-state index contributed by atoms with van der Waals surface area (Å²) in [6, 6.07) is 15.8. The summed E-state index contributed by atoms with van der Waals surface area (Å²) in [4.78, 5) is 40.9. The molecule has 3 rings (SSSR count). The van der Waals surface area contributed by atoms with Crippen molar-refractivity contribution in [1.29, 1.82) is 0 Å². The van der Waals surface area contributed by atoms with Crippen LogP contribution < -0.4 is 5.32 Å². The predicted molar refractivity (Wildman–Crippen MR) is 118 cm³/mol. The Hall–Kier alpha value is -3.35. The van der Waals surface area contributed by atoms with Gasteiger partial charge in [0.05, 0.1) is 6.54 Å².